The van der Waals surface area contributed by atoms with Crippen molar-refractivity contribution in [1.29, 1.82) is 0 Å². The van der Waals surface area contributed by atoms with Gasteiger partial charge >= 0.3 is 0 Å². The summed E-state index contributed by atoms with van der Waals surface area (Å²) in [5.41, 5.74) is 7.58. The Hall–Kier alpha value is -1.17. The van der Waals surface area contributed by atoms with Crippen molar-refractivity contribution in [3.63, 3.8) is 0 Å². The fourth-order valence-electron chi connectivity index (χ4n) is 1.41. The van der Waals surface area contributed by atoms with Crippen molar-refractivity contribution in [3.8, 4) is 11.3 Å². The van der Waals surface area contributed by atoms with Gasteiger partial charge in [-0.05, 0) is 12.1 Å². The van der Waals surface area contributed by atoms with Crippen molar-refractivity contribution in [3.05, 3.63) is 40.8 Å². The highest BCUT2D eigenvalue weighted by Gasteiger charge is 2.09. The first-order valence-electron chi connectivity index (χ1n) is 4.88. The molecular formula is C11H12BrN3O. The molecule has 16 heavy (non-hydrogen) atoms. The molecule has 0 aliphatic carbocycles. The molecule has 0 spiro atoms. The van der Waals surface area contributed by atoms with Gasteiger partial charge in [0, 0.05) is 10.0 Å². The molecule has 1 unspecified atom stereocenters. The fourth-order valence-corrected chi connectivity index (χ4v) is 1.81. The maximum atomic E-state index is 8.92. The van der Waals surface area contributed by atoms with Gasteiger partial charge in [-0.3, -0.25) is 0 Å². The average molecular weight is 282 g/mol. The zero-order chi connectivity index (χ0) is 11.5. The van der Waals surface area contributed by atoms with E-state index in [1.807, 2.05) is 24.3 Å². The molecule has 5 heteroatoms. The molecule has 2 rings (SSSR count). The Morgan fingerprint density at radius 2 is 2.31 bits per heavy atom. The van der Waals surface area contributed by atoms with Crippen LogP contribution >= 0.6 is 15.9 Å². The summed E-state index contributed by atoms with van der Waals surface area (Å²) in [4.78, 5) is 7.23. The Morgan fingerprint density at radius 1 is 1.50 bits per heavy atom. The van der Waals surface area contributed by atoms with Crippen molar-refractivity contribution < 1.29 is 5.11 Å². The van der Waals surface area contributed by atoms with Gasteiger partial charge in [0.15, 0.2) is 0 Å². The minimum Gasteiger partial charge on any atom is -0.394 e. The Labute approximate surface area is 102 Å². The number of hydrogen-bond donors (Lipinski definition) is 3. The number of H-pyrrole nitrogens is 1. The molecule has 4 nitrogen and oxygen atoms in total. The molecule has 2 aromatic rings. The fraction of sp³-hybridized carbons (Fsp3) is 0.182. The first kappa shape index (κ1) is 11.3. The maximum Gasteiger partial charge on any atom is 0.125 e. The van der Waals surface area contributed by atoms with Crippen molar-refractivity contribution in [2.24, 2.45) is 5.73 Å². The Balaban J connectivity index is 2.31. The second-order valence-electron chi connectivity index (χ2n) is 3.48. The molecule has 0 aliphatic heterocycles. The summed E-state index contributed by atoms with van der Waals surface area (Å²) in [7, 11) is 0. The van der Waals surface area contributed by atoms with Crippen LogP contribution < -0.4 is 5.73 Å². The van der Waals surface area contributed by atoms with Crippen LogP contribution in [0.15, 0.2) is 34.9 Å². The Kier molecular flexibility index (Phi) is 3.38. The van der Waals surface area contributed by atoms with E-state index in [4.69, 9.17) is 10.8 Å². The predicted octanol–water partition coefficient (Wildman–Crippen LogP) is 1.83. The summed E-state index contributed by atoms with van der Waals surface area (Å²) in [6.45, 7) is -0.120. The van der Waals surface area contributed by atoms with Gasteiger partial charge in [0.1, 0.15) is 5.82 Å². The lowest BCUT2D eigenvalue weighted by Crippen LogP contribution is -2.15. The quantitative estimate of drug-likeness (QED) is 0.804. The van der Waals surface area contributed by atoms with E-state index in [2.05, 4.69) is 25.9 Å². The Bertz CT molecular complexity index is 484. The third-order valence-corrected chi connectivity index (χ3v) is 2.77. The van der Waals surface area contributed by atoms with Gasteiger partial charge in [-0.1, -0.05) is 28.1 Å². The SMILES string of the molecule is NC(CO)c1ncc(-c2cccc(Br)c2)[nH]1. The number of nitrogens with two attached hydrogens (primary N) is 1. The van der Waals surface area contributed by atoms with Gasteiger partial charge in [-0.15, -0.1) is 0 Å². The monoisotopic (exact) mass is 281 g/mol. The van der Waals surface area contributed by atoms with Gasteiger partial charge in [-0.25, -0.2) is 4.98 Å². The highest BCUT2D eigenvalue weighted by atomic mass is 79.9. The minimum atomic E-state index is -0.457. The van der Waals surface area contributed by atoms with E-state index < -0.39 is 6.04 Å². The lowest BCUT2D eigenvalue weighted by molar-refractivity contribution is 0.264. The number of halogens is 1. The molecule has 84 valence electrons. The topological polar surface area (TPSA) is 74.9 Å². The van der Waals surface area contributed by atoms with E-state index in [0.29, 0.717) is 5.82 Å². The lowest BCUT2D eigenvalue weighted by atomic mass is 10.2. The predicted molar refractivity (Wildman–Crippen MR) is 65.7 cm³/mol. The summed E-state index contributed by atoms with van der Waals surface area (Å²) in [5, 5.41) is 8.92. The van der Waals surface area contributed by atoms with E-state index in [9.17, 15) is 0 Å². The number of nitrogens with zero attached hydrogens (tertiary/aromatic N) is 1. The van der Waals surface area contributed by atoms with Crippen LogP contribution in [0.3, 0.4) is 0 Å². The minimum absolute atomic E-state index is 0.120. The first-order valence-corrected chi connectivity index (χ1v) is 5.67. The van der Waals surface area contributed by atoms with Crippen molar-refractivity contribution in [1.82, 2.24) is 9.97 Å². The molecule has 0 amide bonds. The van der Waals surface area contributed by atoms with Crippen LogP contribution in [0.5, 0.6) is 0 Å². The molecule has 1 aromatic carbocycles. The van der Waals surface area contributed by atoms with E-state index in [-0.39, 0.29) is 6.61 Å². The molecule has 1 aromatic heterocycles. The number of imidazole rings is 1. The highest BCUT2D eigenvalue weighted by Crippen LogP contribution is 2.22. The van der Waals surface area contributed by atoms with Crippen LogP contribution in [0, 0.1) is 0 Å². The lowest BCUT2D eigenvalue weighted by Gasteiger charge is -2.03. The summed E-state index contributed by atoms with van der Waals surface area (Å²) in [6, 6.07) is 7.42. The third kappa shape index (κ3) is 2.32. The van der Waals surface area contributed by atoms with Gasteiger partial charge in [-0.2, -0.15) is 0 Å². The van der Waals surface area contributed by atoms with Crippen LogP contribution in [-0.2, 0) is 0 Å². The Morgan fingerprint density at radius 3 is 3.00 bits per heavy atom. The molecule has 0 saturated heterocycles. The number of aromatic nitrogens is 2. The standard InChI is InChI=1S/C11H12BrN3O/c12-8-3-1-2-7(4-8)10-5-14-11(15-10)9(13)6-16/h1-5,9,16H,6,13H2,(H,14,15). The number of hydrogen-bond acceptors (Lipinski definition) is 3. The van der Waals surface area contributed by atoms with Gasteiger partial charge in [0.05, 0.1) is 24.5 Å². The van der Waals surface area contributed by atoms with Gasteiger partial charge < -0.3 is 15.8 Å². The van der Waals surface area contributed by atoms with E-state index >= 15 is 0 Å². The normalized spacial score (nSPS) is 12.7. The second kappa shape index (κ2) is 4.78. The number of benzene rings is 1. The molecule has 1 atom stereocenters. The number of rotatable bonds is 3. The molecule has 1 heterocycles. The van der Waals surface area contributed by atoms with Crippen LogP contribution in [-0.4, -0.2) is 21.7 Å². The molecule has 0 aliphatic rings. The highest BCUT2D eigenvalue weighted by molar-refractivity contribution is 9.10. The van der Waals surface area contributed by atoms with Crippen LogP contribution in [0.1, 0.15) is 11.9 Å². The first-order chi connectivity index (χ1) is 7.70. The molecule has 0 fully saturated rings. The molecule has 4 N–H and O–H groups in total. The van der Waals surface area contributed by atoms with Crippen molar-refractivity contribution in [2.75, 3.05) is 6.61 Å². The van der Waals surface area contributed by atoms with Crippen molar-refractivity contribution in [2.45, 2.75) is 6.04 Å². The summed E-state index contributed by atoms with van der Waals surface area (Å²) >= 11 is 3.41. The number of aliphatic hydroxyl groups is 1. The van der Waals surface area contributed by atoms with E-state index in [0.717, 1.165) is 15.7 Å². The molecule has 0 bridgehead atoms. The largest absolute Gasteiger partial charge is 0.394 e. The average Bonchev–Trinajstić information content (AvgIpc) is 2.77. The second-order valence-corrected chi connectivity index (χ2v) is 4.40. The summed E-state index contributed by atoms with van der Waals surface area (Å²) in [6.07, 6.45) is 1.71. The molecular weight excluding hydrogens is 270 g/mol. The summed E-state index contributed by atoms with van der Waals surface area (Å²) < 4.78 is 1.01. The molecule has 0 saturated carbocycles. The zero-order valence-corrected chi connectivity index (χ0v) is 10.1. The van der Waals surface area contributed by atoms with E-state index in [1.165, 1.54) is 0 Å². The van der Waals surface area contributed by atoms with Crippen LogP contribution in [0.4, 0.5) is 0 Å². The maximum absolute atomic E-state index is 8.92. The number of aliphatic hydroxyl groups excluding tert-OH is 1. The summed E-state index contributed by atoms with van der Waals surface area (Å²) in [5.74, 6) is 0.595. The van der Waals surface area contributed by atoms with E-state index in [1.54, 1.807) is 6.20 Å². The van der Waals surface area contributed by atoms with Gasteiger partial charge in [0.25, 0.3) is 0 Å². The molecule has 0 radical (unpaired) electrons. The number of aromatic amines is 1. The zero-order valence-electron chi connectivity index (χ0n) is 8.52. The van der Waals surface area contributed by atoms with Crippen LogP contribution in [0.25, 0.3) is 11.3 Å². The third-order valence-electron chi connectivity index (χ3n) is 2.28. The van der Waals surface area contributed by atoms with Crippen LogP contribution in [0.2, 0.25) is 0 Å². The number of nitrogens with one attached hydrogen (secondary N) is 1. The van der Waals surface area contributed by atoms with Crippen molar-refractivity contribution >= 4 is 15.9 Å². The van der Waals surface area contributed by atoms with Gasteiger partial charge in [0.2, 0.25) is 0 Å². The smallest absolute Gasteiger partial charge is 0.125 e.